The number of rotatable bonds is 3. The van der Waals surface area contributed by atoms with Crippen molar-refractivity contribution in [1.82, 2.24) is 4.98 Å². The van der Waals surface area contributed by atoms with E-state index in [0.717, 1.165) is 0 Å². The number of nitrogens with one attached hydrogen (secondary N) is 1. The van der Waals surface area contributed by atoms with E-state index in [0.29, 0.717) is 11.0 Å². The van der Waals surface area contributed by atoms with Gasteiger partial charge in [-0.1, -0.05) is 31.5 Å². The van der Waals surface area contributed by atoms with E-state index in [-0.39, 0.29) is 11.8 Å². The van der Waals surface area contributed by atoms with E-state index in [9.17, 15) is 4.79 Å². The Bertz CT molecular complexity index is 354. The van der Waals surface area contributed by atoms with Crippen LogP contribution in [0.3, 0.4) is 0 Å². The highest BCUT2D eigenvalue weighted by atomic mass is 35.5. The van der Waals surface area contributed by atoms with E-state index in [1.54, 1.807) is 18.2 Å². The van der Waals surface area contributed by atoms with Gasteiger partial charge >= 0.3 is 0 Å². The number of pyridine rings is 1. The van der Waals surface area contributed by atoms with Crippen LogP contribution in [-0.2, 0) is 4.79 Å². The van der Waals surface area contributed by atoms with Crippen LogP contribution >= 0.6 is 11.6 Å². The van der Waals surface area contributed by atoms with Gasteiger partial charge in [0.15, 0.2) is 0 Å². The fraction of sp³-hybridized carbons (Fsp3) is 0.400. The number of nitrogens with two attached hydrogens (primary N) is 1. The summed E-state index contributed by atoms with van der Waals surface area (Å²) in [7, 11) is 0. The molecule has 1 rings (SSSR count). The molecule has 15 heavy (non-hydrogen) atoms. The highest BCUT2D eigenvalue weighted by Gasteiger charge is 2.17. The molecule has 0 aliphatic heterocycles. The van der Waals surface area contributed by atoms with Crippen LogP contribution in [0.25, 0.3) is 0 Å². The molecule has 0 saturated carbocycles. The summed E-state index contributed by atoms with van der Waals surface area (Å²) in [5.74, 6) is 0.257. The number of amides is 1. The van der Waals surface area contributed by atoms with E-state index in [1.807, 2.05) is 13.8 Å². The van der Waals surface area contributed by atoms with Crippen molar-refractivity contribution in [2.45, 2.75) is 19.9 Å². The molecule has 0 saturated heterocycles. The van der Waals surface area contributed by atoms with Crippen molar-refractivity contribution >= 4 is 23.3 Å². The SMILES string of the molecule is CC(C)[C@H](N)C(=O)Nc1cccc(Cl)n1. The van der Waals surface area contributed by atoms with E-state index >= 15 is 0 Å². The van der Waals surface area contributed by atoms with Gasteiger partial charge in [-0.3, -0.25) is 4.79 Å². The molecule has 1 aromatic rings. The van der Waals surface area contributed by atoms with Gasteiger partial charge in [0.05, 0.1) is 6.04 Å². The first kappa shape index (κ1) is 11.9. The summed E-state index contributed by atoms with van der Waals surface area (Å²) in [4.78, 5) is 15.5. The lowest BCUT2D eigenvalue weighted by Gasteiger charge is -2.14. The first-order valence-electron chi connectivity index (χ1n) is 4.69. The summed E-state index contributed by atoms with van der Waals surface area (Å²) in [5.41, 5.74) is 5.67. The van der Waals surface area contributed by atoms with E-state index in [1.165, 1.54) is 0 Å². The van der Waals surface area contributed by atoms with Gasteiger partial charge in [0.1, 0.15) is 11.0 Å². The van der Waals surface area contributed by atoms with Crippen molar-refractivity contribution in [3.05, 3.63) is 23.4 Å². The molecule has 1 atom stereocenters. The third-order valence-electron chi connectivity index (χ3n) is 1.99. The Kier molecular flexibility index (Phi) is 4.05. The maximum absolute atomic E-state index is 11.5. The summed E-state index contributed by atoms with van der Waals surface area (Å²) in [5, 5.41) is 2.94. The van der Waals surface area contributed by atoms with Gasteiger partial charge in [-0.25, -0.2) is 4.98 Å². The molecule has 0 fully saturated rings. The van der Waals surface area contributed by atoms with Crippen molar-refractivity contribution in [2.75, 3.05) is 5.32 Å². The smallest absolute Gasteiger partial charge is 0.242 e. The molecule has 0 aromatic carbocycles. The van der Waals surface area contributed by atoms with Crippen molar-refractivity contribution < 1.29 is 4.79 Å². The van der Waals surface area contributed by atoms with Crippen LogP contribution in [0.2, 0.25) is 5.15 Å². The summed E-state index contributed by atoms with van der Waals surface area (Å²) >= 11 is 5.68. The highest BCUT2D eigenvalue weighted by molar-refractivity contribution is 6.29. The second kappa shape index (κ2) is 5.09. The zero-order valence-corrected chi connectivity index (χ0v) is 9.45. The Morgan fingerprint density at radius 3 is 2.73 bits per heavy atom. The molecule has 0 aliphatic rings. The molecule has 0 aliphatic carbocycles. The second-order valence-electron chi connectivity index (χ2n) is 3.60. The van der Waals surface area contributed by atoms with Crippen molar-refractivity contribution in [3.63, 3.8) is 0 Å². The van der Waals surface area contributed by atoms with E-state index in [2.05, 4.69) is 10.3 Å². The van der Waals surface area contributed by atoms with Crippen LogP contribution in [0.1, 0.15) is 13.8 Å². The number of aromatic nitrogens is 1. The summed E-state index contributed by atoms with van der Waals surface area (Å²) in [6.07, 6.45) is 0. The summed E-state index contributed by atoms with van der Waals surface area (Å²) < 4.78 is 0. The molecule has 0 radical (unpaired) electrons. The van der Waals surface area contributed by atoms with E-state index < -0.39 is 6.04 Å². The number of anilines is 1. The van der Waals surface area contributed by atoms with Gasteiger partial charge in [0.25, 0.3) is 0 Å². The topological polar surface area (TPSA) is 68.0 Å². The standard InChI is InChI=1S/C10H14ClN3O/c1-6(2)9(12)10(15)14-8-5-3-4-7(11)13-8/h3-6,9H,12H2,1-2H3,(H,13,14,15)/t9-/m0/s1. The first-order chi connectivity index (χ1) is 7.00. The average Bonchev–Trinajstić information content (AvgIpc) is 2.16. The molecule has 0 unspecified atom stereocenters. The molecule has 82 valence electrons. The monoisotopic (exact) mass is 227 g/mol. The second-order valence-corrected chi connectivity index (χ2v) is 3.99. The molecule has 1 heterocycles. The zero-order valence-electron chi connectivity index (χ0n) is 8.70. The molecule has 0 spiro atoms. The normalized spacial score (nSPS) is 12.6. The first-order valence-corrected chi connectivity index (χ1v) is 5.07. The molecular weight excluding hydrogens is 214 g/mol. The maximum atomic E-state index is 11.5. The Morgan fingerprint density at radius 2 is 2.20 bits per heavy atom. The van der Waals surface area contributed by atoms with E-state index in [4.69, 9.17) is 17.3 Å². The van der Waals surface area contributed by atoms with Crippen LogP contribution < -0.4 is 11.1 Å². The molecule has 3 N–H and O–H groups in total. The third-order valence-corrected chi connectivity index (χ3v) is 2.20. The number of hydrogen-bond donors (Lipinski definition) is 2. The lowest BCUT2D eigenvalue weighted by atomic mass is 10.1. The number of carbonyl (C=O) groups is 1. The largest absolute Gasteiger partial charge is 0.320 e. The predicted octanol–water partition coefficient (Wildman–Crippen LogP) is 1.66. The predicted molar refractivity (Wildman–Crippen MR) is 60.7 cm³/mol. The quantitative estimate of drug-likeness (QED) is 0.772. The number of halogens is 1. The van der Waals surface area contributed by atoms with Crippen LogP contribution in [0.5, 0.6) is 0 Å². The Labute approximate surface area is 93.8 Å². The zero-order chi connectivity index (χ0) is 11.4. The lowest BCUT2D eigenvalue weighted by molar-refractivity contribution is -0.118. The van der Waals surface area contributed by atoms with Gasteiger partial charge in [0, 0.05) is 0 Å². The highest BCUT2D eigenvalue weighted by Crippen LogP contribution is 2.10. The minimum Gasteiger partial charge on any atom is -0.320 e. The van der Waals surface area contributed by atoms with Gasteiger partial charge in [-0.15, -0.1) is 0 Å². The van der Waals surface area contributed by atoms with Crippen LogP contribution in [0, 0.1) is 5.92 Å². The summed E-state index contributed by atoms with van der Waals surface area (Å²) in [6.45, 7) is 3.77. The Morgan fingerprint density at radius 1 is 1.53 bits per heavy atom. The van der Waals surface area contributed by atoms with Gasteiger partial charge < -0.3 is 11.1 Å². The van der Waals surface area contributed by atoms with Crippen LogP contribution in [0.15, 0.2) is 18.2 Å². The fourth-order valence-corrected chi connectivity index (χ4v) is 1.15. The minimum atomic E-state index is -0.536. The number of carbonyl (C=O) groups excluding carboxylic acids is 1. The third kappa shape index (κ3) is 3.49. The molecule has 1 amide bonds. The van der Waals surface area contributed by atoms with Crippen molar-refractivity contribution in [2.24, 2.45) is 11.7 Å². The Hall–Kier alpha value is -1.13. The average molecular weight is 228 g/mol. The number of hydrogen-bond acceptors (Lipinski definition) is 3. The van der Waals surface area contributed by atoms with Gasteiger partial charge in [-0.2, -0.15) is 0 Å². The lowest BCUT2D eigenvalue weighted by Crippen LogP contribution is -2.39. The van der Waals surface area contributed by atoms with Gasteiger partial charge in [-0.05, 0) is 18.1 Å². The molecule has 0 bridgehead atoms. The molecule has 4 nitrogen and oxygen atoms in total. The van der Waals surface area contributed by atoms with Crippen molar-refractivity contribution in [3.8, 4) is 0 Å². The van der Waals surface area contributed by atoms with Crippen molar-refractivity contribution in [1.29, 1.82) is 0 Å². The van der Waals surface area contributed by atoms with Crippen LogP contribution in [-0.4, -0.2) is 16.9 Å². The molecule has 5 heteroatoms. The minimum absolute atomic E-state index is 0.0872. The Balaban J connectivity index is 2.66. The fourth-order valence-electron chi connectivity index (χ4n) is 0.990. The summed E-state index contributed by atoms with van der Waals surface area (Å²) in [6, 6.07) is 4.48. The van der Waals surface area contributed by atoms with Crippen LogP contribution in [0.4, 0.5) is 5.82 Å². The van der Waals surface area contributed by atoms with Gasteiger partial charge in [0.2, 0.25) is 5.91 Å². The maximum Gasteiger partial charge on any atom is 0.242 e. The molecular formula is C10H14ClN3O. The molecule has 1 aromatic heterocycles. The number of nitrogens with zero attached hydrogens (tertiary/aromatic N) is 1.